The predicted molar refractivity (Wildman–Crippen MR) is 88.9 cm³/mol. The maximum Gasteiger partial charge on any atom is 0.226 e. The Hall–Kier alpha value is -1.40. The van der Waals surface area contributed by atoms with Gasteiger partial charge in [-0.05, 0) is 25.8 Å². The third-order valence-corrected chi connectivity index (χ3v) is 4.82. The molecule has 0 aliphatic rings. The summed E-state index contributed by atoms with van der Waals surface area (Å²) >= 11 is 3.07. The summed E-state index contributed by atoms with van der Waals surface area (Å²) in [5.74, 6) is 0.861. The normalized spacial score (nSPS) is 10.6. The number of carbonyl (C=O) groups excluding carboxylic acids is 1. The number of carbonyl (C=O) groups is 1. The Bertz CT molecular complexity index is 605. The van der Waals surface area contributed by atoms with Crippen LogP contribution in [0.15, 0.2) is 22.5 Å². The molecule has 1 N–H and O–H groups in total. The van der Waals surface area contributed by atoms with Gasteiger partial charge in [0.25, 0.3) is 0 Å². The lowest BCUT2D eigenvalue weighted by Crippen LogP contribution is -2.10. The number of nitrogens with one attached hydrogen (secondary N) is 1. The summed E-state index contributed by atoms with van der Waals surface area (Å²) in [7, 11) is 0. The highest BCUT2D eigenvalue weighted by molar-refractivity contribution is 8.00. The van der Waals surface area contributed by atoms with E-state index in [0.29, 0.717) is 11.6 Å². The van der Waals surface area contributed by atoms with E-state index in [1.54, 1.807) is 11.8 Å². The third kappa shape index (κ3) is 5.13. The van der Waals surface area contributed by atoms with Crippen LogP contribution >= 0.6 is 23.1 Å². The van der Waals surface area contributed by atoms with Crippen molar-refractivity contribution in [2.45, 2.75) is 43.7 Å². The van der Waals surface area contributed by atoms with Gasteiger partial charge in [0.15, 0.2) is 4.34 Å². The van der Waals surface area contributed by atoms with Gasteiger partial charge in [0, 0.05) is 12.2 Å². The van der Waals surface area contributed by atoms with Crippen LogP contribution in [0.4, 0.5) is 5.13 Å². The molecule has 1 aromatic carbocycles. The van der Waals surface area contributed by atoms with E-state index in [4.69, 9.17) is 0 Å². The van der Waals surface area contributed by atoms with E-state index in [0.717, 1.165) is 16.5 Å². The highest BCUT2D eigenvalue weighted by Crippen LogP contribution is 2.28. The molecule has 1 heterocycles. The van der Waals surface area contributed by atoms with Gasteiger partial charge in [0.05, 0.1) is 0 Å². The standard InChI is InChI=1S/C15H19N3OS2/c1-4-5-13(19)16-14-17-18-15(21-14)20-9-12-7-10(2)6-11(3)8-12/h6-8H,4-5,9H2,1-3H3,(H,16,17,19). The first kappa shape index (κ1) is 16.0. The monoisotopic (exact) mass is 321 g/mol. The minimum atomic E-state index is -0.000455. The first-order valence-corrected chi connectivity index (χ1v) is 8.70. The molecule has 112 valence electrons. The number of benzene rings is 1. The van der Waals surface area contributed by atoms with E-state index in [1.807, 2.05) is 6.92 Å². The number of amides is 1. The molecule has 21 heavy (non-hydrogen) atoms. The number of thioether (sulfide) groups is 1. The fourth-order valence-corrected chi connectivity index (χ4v) is 3.72. The number of nitrogens with zero attached hydrogens (tertiary/aromatic N) is 2. The second-order valence-electron chi connectivity index (χ2n) is 4.96. The Kier molecular flexibility index (Phi) is 5.76. The van der Waals surface area contributed by atoms with Crippen molar-refractivity contribution in [2.24, 2.45) is 0 Å². The minimum absolute atomic E-state index is 0.000455. The van der Waals surface area contributed by atoms with E-state index in [2.05, 4.69) is 47.6 Å². The van der Waals surface area contributed by atoms with Crippen molar-refractivity contribution in [1.82, 2.24) is 10.2 Å². The van der Waals surface area contributed by atoms with E-state index in [9.17, 15) is 4.79 Å². The van der Waals surface area contributed by atoms with Gasteiger partial charge >= 0.3 is 0 Å². The Labute approximate surface area is 133 Å². The zero-order valence-corrected chi connectivity index (χ0v) is 14.1. The Morgan fingerprint density at radius 2 is 1.95 bits per heavy atom. The molecular formula is C15H19N3OS2. The van der Waals surface area contributed by atoms with Crippen molar-refractivity contribution in [2.75, 3.05) is 5.32 Å². The van der Waals surface area contributed by atoms with E-state index < -0.39 is 0 Å². The fraction of sp³-hybridized carbons (Fsp3) is 0.400. The van der Waals surface area contributed by atoms with Gasteiger partial charge in [0.2, 0.25) is 11.0 Å². The van der Waals surface area contributed by atoms with Crippen LogP contribution in [0.1, 0.15) is 36.5 Å². The summed E-state index contributed by atoms with van der Waals surface area (Å²) in [6.07, 6.45) is 1.35. The summed E-state index contributed by atoms with van der Waals surface area (Å²) in [5, 5.41) is 11.5. The van der Waals surface area contributed by atoms with Crippen LogP contribution in [0.3, 0.4) is 0 Å². The van der Waals surface area contributed by atoms with Gasteiger partial charge in [-0.2, -0.15) is 0 Å². The summed E-state index contributed by atoms with van der Waals surface area (Å²) in [6.45, 7) is 6.19. The number of aryl methyl sites for hydroxylation is 2. The van der Waals surface area contributed by atoms with Gasteiger partial charge < -0.3 is 5.32 Å². The van der Waals surface area contributed by atoms with Gasteiger partial charge in [-0.1, -0.05) is 59.3 Å². The lowest BCUT2D eigenvalue weighted by atomic mass is 10.1. The van der Waals surface area contributed by atoms with Crippen molar-refractivity contribution in [3.05, 3.63) is 34.9 Å². The number of hydrogen-bond donors (Lipinski definition) is 1. The van der Waals surface area contributed by atoms with Crippen molar-refractivity contribution < 1.29 is 4.79 Å². The SMILES string of the molecule is CCCC(=O)Nc1nnc(SCc2cc(C)cc(C)c2)s1. The molecular weight excluding hydrogens is 302 g/mol. The van der Waals surface area contributed by atoms with Gasteiger partial charge in [-0.3, -0.25) is 4.79 Å². The molecule has 4 nitrogen and oxygen atoms in total. The molecule has 2 aromatic rings. The molecule has 2 rings (SSSR count). The highest BCUT2D eigenvalue weighted by atomic mass is 32.2. The minimum Gasteiger partial charge on any atom is -0.301 e. The molecule has 0 saturated carbocycles. The largest absolute Gasteiger partial charge is 0.301 e. The number of aromatic nitrogens is 2. The zero-order valence-electron chi connectivity index (χ0n) is 12.5. The van der Waals surface area contributed by atoms with Crippen LogP contribution < -0.4 is 5.32 Å². The van der Waals surface area contributed by atoms with Crippen LogP contribution in [0.2, 0.25) is 0 Å². The predicted octanol–water partition coefficient (Wildman–Crippen LogP) is 4.19. The highest BCUT2D eigenvalue weighted by Gasteiger charge is 2.08. The van der Waals surface area contributed by atoms with Crippen LogP contribution in [0.5, 0.6) is 0 Å². The van der Waals surface area contributed by atoms with Crippen LogP contribution in [0, 0.1) is 13.8 Å². The van der Waals surface area contributed by atoms with Crippen molar-refractivity contribution in [1.29, 1.82) is 0 Å². The fourth-order valence-electron chi connectivity index (χ4n) is 2.02. The van der Waals surface area contributed by atoms with Crippen molar-refractivity contribution >= 4 is 34.1 Å². The van der Waals surface area contributed by atoms with Gasteiger partial charge in [-0.25, -0.2) is 0 Å². The average Bonchev–Trinajstić information content (AvgIpc) is 2.83. The molecule has 0 unspecified atom stereocenters. The number of hydrogen-bond acceptors (Lipinski definition) is 5. The molecule has 0 fully saturated rings. The Morgan fingerprint density at radius 3 is 2.62 bits per heavy atom. The number of rotatable bonds is 6. The lowest BCUT2D eigenvalue weighted by molar-refractivity contribution is -0.116. The molecule has 0 bridgehead atoms. The average molecular weight is 321 g/mol. The number of anilines is 1. The first-order valence-electron chi connectivity index (χ1n) is 6.90. The second-order valence-corrected chi connectivity index (χ2v) is 7.16. The molecule has 0 atom stereocenters. The summed E-state index contributed by atoms with van der Waals surface area (Å²) in [6, 6.07) is 6.54. The maximum atomic E-state index is 11.5. The lowest BCUT2D eigenvalue weighted by Gasteiger charge is -2.03. The van der Waals surface area contributed by atoms with Crippen molar-refractivity contribution in [3.63, 3.8) is 0 Å². The van der Waals surface area contributed by atoms with Crippen LogP contribution in [-0.2, 0) is 10.5 Å². The van der Waals surface area contributed by atoms with E-state index in [1.165, 1.54) is 28.0 Å². The Balaban J connectivity index is 1.92. The topological polar surface area (TPSA) is 54.9 Å². The van der Waals surface area contributed by atoms with E-state index in [-0.39, 0.29) is 5.91 Å². The van der Waals surface area contributed by atoms with Gasteiger partial charge in [0.1, 0.15) is 0 Å². The molecule has 1 amide bonds. The molecule has 6 heteroatoms. The van der Waals surface area contributed by atoms with Gasteiger partial charge in [-0.15, -0.1) is 10.2 Å². The molecule has 0 aliphatic heterocycles. The smallest absolute Gasteiger partial charge is 0.226 e. The quantitative estimate of drug-likeness (QED) is 0.640. The molecule has 0 aliphatic carbocycles. The Morgan fingerprint density at radius 1 is 1.24 bits per heavy atom. The maximum absolute atomic E-state index is 11.5. The second kappa shape index (κ2) is 7.56. The third-order valence-electron chi connectivity index (χ3n) is 2.77. The summed E-state index contributed by atoms with van der Waals surface area (Å²) in [4.78, 5) is 11.5. The molecule has 1 aromatic heterocycles. The van der Waals surface area contributed by atoms with E-state index >= 15 is 0 Å². The summed E-state index contributed by atoms with van der Waals surface area (Å²) < 4.78 is 0.876. The first-order chi connectivity index (χ1) is 10.1. The molecule has 0 spiro atoms. The molecule has 0 saturated heterocycles. The summed E-state index contributed by atoms with van der Waals surface area (Å²) in [5.41, 5.74) is 3.83. The zero-order chi connectivity index (χ0) is 15.2. The molecule has 0 radical (unpaired) electrons. The van der Waals surface area contributed by atoms with Crippen molar-refractivity contribution in [3.8, 4) is 0 Å². The van der Waals surface area contributed by atoms with Crippen LogP contribution in [-0.4, -0.2) is 16.1 Å². The van der Waals surface area contributed by atoms with Crippen LogP contribution in [0.25, 0.3) is 0 Å².